The van der Waals surface area contributed by atoms with E-state index in [2.05, 4.69) is 11.9 Å². The van der Waals surface area contributed by atoms with Crippen molar-refractivity contribution in [1.29, 1.82) is 0 Å². The zero-order valence-electron chi connectivity index (χ0n) is 10.1. The minimum absolute atomic E-state index is 0.268. The fraction of sp³-hybridized carbons (Fsp3) is 0.286. The van der Waals surface area contributed by atoms with Gasteiger partial charge >= 0.3 is 5.97 Å². The molecule has 1 amide bonds. The Morgan fingerprint density at radius 1 is 1.32 bits per heavy atom. The molecule has 19 heavy (non-hydrogen) atoms. The summed E-state index contributed by atoms with van der Waals surface area (Å²) in [4.78, 5) is 23.8. The molecule has 1 spiro atoms. The summed E-state index contributed by atoms with van der Waals surface area (Å²) in [5.74, 6) is -1.67. The van der Waals surface area contributed by atoms with Gasteiger partial charge in [0.15, 0.2) is 5.54 Å². The van der Waals surface area contributed by atoms with E-state index in [0.29, 0.717) is 17.6 Å². The Hall–Kier alpha value is -2.17. The number of carbonyl (C=O) groups is 2. The lowest BCUT2D eigenvalue weighted by molar-refractivity contribution is -0.144. The average molecular weight is 261 g/mol. The number of amides is 1. The number of ether oxygens (including phenoxy) is 1. The van der Waals surface area contributed by atoms with Crippen LogP contribution in [-0.2, 0) is 14.3 Å². The number of hydrogen-bond donors (Lipinski definition) is 1. The molecule has 2 fully saturated rings. The van der Waals surface area contributed by atoms with E-state index in [0.717, 1.165) is 0 Å². The summed E-state index contributed by atoms with van der Waals surface area (Å²) < 4.78 is 18.0. The SMILES string of the molecule is C=C1C(=O)N[C@@]2(CCOC2=O)[C@@H]1c1ccc(F)cc1. The Morgan fingerprint density at radius 2 is 2.00 bits per heavy atom. The summed E-state index contributed by atoms with van der Waals surface area (Å²) in [6, 6.07) is 5.75. The van der Waals surface area contributed by atoms with Crippen LogP contribution in [0.25, 0.3) is 0 Å². The maximum Gasteiger partial charge on any atom is 0.333 e. The second-order valence-corrected chi connectivity index (χ2v) is 4.82. The molecule has 1 aromatic carbocycles. The Balaban J connectivity index is 2.10. The fourth-order valence-corrected chi connectivity index (χ4v) is 2.84. The molecule has 0 saturated carbocycles. The van der Waals surface area contributed by atoms with Gasteiger partial charge in [0.2, 0.25) is 5.91 Å². The molecular formula is C14H12FNO3. The van der Waals surface area contributed by atoms with Crippen molar-refractivity contribution in [3.8, 4) is 0 Å². The van der Waals surface area contributed by atoms with Gasteiger partial charge in [0, 0.05) is 17.9 Å². The topological polar surface area (TPSA) is 55.4 Å². The number of hydrogen-bond acceptors (Lipinski definition) is 3. The second kappa shape index (κ2) is 3.91. The third kappa shape index (κ3) is 1.58. The molecule has 2 atom stereocenters. The zero-order chi connectivity index (χ0) is 13.6. The van der Waals surface area contributed by atoms with E-state index in [-0.39, 0.29) is 18.3 Å². The standard InChI is InChI=1S/C14H12FNO3/c1-8-11(9-2-4-10(15)5-3-9)14(16-12(8)17)6-7-19-13(14)18/h2-5,11H,1,6-7H2,(H,16,17)/t11-,14-/m0/s1. The predicted octanol–water partition coefficient (Wildman–Crippen LogP) is 1.28. The molecule has 0 radical (unpaired) electrons. The molecule has 0 unspecified atom stereocenters. The molecule has 2 saturated heterocycles. The molecule has 0 aromatic heterocycles. The van der Waals surface area contributed by atoms with E-state index in [4.69, 9.17) is 4.74 Å². The van der Waals surface area contributed by atoms with Gasteiger partial charge in [-0.2, -0.15) is 0 Å². The monoisotopic (exact) mass is 261 g/mol. The van der Waals surface area contributed by atoms with Gasteiger partial charge in [-0.05, 0) is 17.7 Å². The van der Waals surface area contributed by atoms with Gasteiger partial charge in [0.05, 0.1) is 6.61 Å². The first-order valence-electron chi connectivity index (χ1n) is 5.98. The first-order chi connectivity index (χ1) is 9.04. The predicted molar refractivity (Wildman–Crippen MR) is 64.7 cm³/mol. The highest BCUT2D eigenvalue weighted by Gasteiger charge is 2.58. The summed E-state index contributed by atoms with van der Waals surface area (Å²) in [5.41, 5.74) is -0.0829. The molecule has 2 aliphatic rings. The average Bonchev–Trinajstić information content (AvgIpc) is 2.85. The smallest absolute Gasteiger partial charge is 0.333 e. The lowest BCUT2D eigenvalue weighted by Crippen LogP contribution is -2.49. The Kier molecular flexibility index (Phi) is 2.45. The number of halogens is 1. The third-order valence-corrected chi connectivity index (χ3v) is 3.77. The van der Waals surface area contributed by atoms with Crippen molar-refractivity contribution in [1.82, 2.24) is 5.32 Å². The summed E-state index contributed by atoms with van der Waals surface area (Å²) in [6.45, 7) is 4.02. The maximum absolute atomic E-state index is 13.0. The van der Waals surface area contributed by atoms with Gasteiger partial charge in [-0.25, -0.2) is 9.18 Å². The van der Waals surface area contributed by atoms with Crippen LogP contribution in [0.5, 0.6) is 0 Å². The summed E-state index contributed by atoms with van der Waals surface area (Å²) >= 11 is 0. The van der Waals surface area contributed by atoms with Gasteiger partial charge in [0.25, 0.3) is 0 Å². The minimum atomic E-state index is -1.08. The van der Waals surface area contributed by atoms with Crippen LogP contribution in [0.2, 0.25) is 0 Å². The van der Waals surface area contributed by atoms with E-state index in [1.54, 1.807) is 12.1 Å². The van der Waals surface area contributed by atoms with Crippen LogP contribution in [0.15, 0.2) is 36.4 Å². The van der Waals surface area contributed by atoms with Crippen LogP contribution >= 0.6 is 0 Å². The molecular weight excluding hydrogens is 249 g/mol. The Labute approximate surface area is 109 Å². The number of rotatable bonds is 1. The van der Waals surface area contributed by atoms with Gasteiger partial charge < -0.3 is 10.1 Å². The molecule has 3 rings (SSSR count). The highest BCUT2D eigenvalue weighted by molar-refractivity contribution is 6.05. The molecule has 5 heteroatoms. The lowest BCUT2D eigenvalue weighted by atomic mass is 9.77. The zero-order valence-corrected chi connectivity index (χ0v) is 10.1. The molecule has 1 N–H and O–H groups in total. The van der Waals surface area contributed by atoms with Gasteiger partial charge in [-0.3, -0.25) is 4.79 Å². The third-order valence-electron chi connectivity index (χ3n) is 3.77. The molecule has 1 aromatic rings. The summed E-state index contributed by atoms with van der Waals surface area (Å²) in [5, 5.41) is 2.69. The fourth-order valence-electron chi connectivity index (χ4n) is 2.84. The van der Waals surface area contributed by atoms with Crippen LogP contribution in [0.4, 0.5) is 4.39 Å². The first kappa shape index (κ1) is 11.9. The largest absolute Gasteiger partial charge is 0.464 e. The van der Waals surface area contributed by atoms with Crippen LogP contribution in [0, 0.1) is 5.82 Å². The molecule has 0 aliphatic carbocycles. The number of benzene rings is 1. The van der Waals surface area contributed by atoms with E-state index in [1.165, 1.54) is 12.1 Å². The molecule has 4 nitrogen and oxygen atoms in total. The van der Waals surface area contributed by atoms with Crippen molar-refractivity contribution >= 4 is 11.9 Å². The number of nitrogens with one attached hydrogen (secondary N) is 1. The van der Waals surface area contributed by atoms with Crippen molar-refractivity contribution in [2.75, 3.05) is 6.61 Å². The highest BCUT2D eigenvalue weighted by Crippen LogP contribution is 2.44. The Bertz CT molecular complexity index is 581. The number of carbonyl (C=O) groups excluding carboxylic acids is 2. The van der Waals surface area contributed by atoms with E-state index < -0.39 is 17.4 Å². The first-order valence-corrected chi connectivity index (χ1v) is 5.98. The number of esters is 1. The molecule has 2 heterocycles. The molecule has 98 valence electrons. The molecule has 0 bridgehead atoms. The highest BCUT2D eigenvalue weighted by atomic mass is 19.1. The van der Waals surface area contributed by atoms with Gasteiger partial charge in [-0.1, -0.05) is 18.7 Å². The maximum atomic E-state index is 13.0. The van der Waals surface area contributed by atoms with Crippen molar-refractivity contribution < 1.29 is 18.7 Å². The summed E-state index contributed by atoms with van der Waals surface area (Å²) in [6.07, 6.45) is 0.401. The van der Waals surface area contributed by atoms with Crippen LogP contribution in [-0.4, -0.2) is 24.0 Å². The van der Waals surface area contributed by atoms with Gasteiger partial charge in [0.1, 0.15) is 5.82 Å². The van der Waals surface area contributed by atoms with Crippen LogP contribution in [0.3, 0.4) is 0 Å². The second-order valence-electron chi connectivity index (χ2n) is 4.82. The van der Waals surface area contributed by atoms with Crippen molar-refractivity contribution in [3.63, 3.8) is 0 Å². The van der Waals surface area contributed by atoms with E-state index in [1.807, 2.05) is 0 Å². The van der Waals surface area contributed by atoms with Crippen LogP contribution < -0.4 is 5.32 Å². The minimum Gasteiger partial charge on any atom is -0.464 e. The summed E-state index contributed by atoms with van der Waals surface area (Å²) in [7, 11) is 0. The van der Waals surface area contributed by atoms with Gasteiger partial charge in [-0.15, -0.1) is 0 Å². The lowest BCUT2D eigenvalue weighted by Gasteiger charge is -2.26. The van der Waals surface area contributed by atoms with Crippen LogP contribution in [0.1, 0.15) is 17.9 Å². The normalized spacial score (nSPS) is 29.7. The Morgan fingerprint density at radius 3 is 2.58 bits per heavy atom. The quantitative estimate of drug-likeness (QED) is 0.612. The van der Waals surface area contributed by atoms with E-state index >= 15 is 0 Å². The van der Waals surface area contributed by atoms with Crippen molar-refractivity contribution in [3.05, 3.63) is 47.8 Å². The van der Waals surface area contributed by atoms with Crippen molar-refractivity contribution in [2.45, 2.75) is 17.9 Å². The van der Waals surface area contributed by atoms with E-state index in [9.17, 15) is 14.0 Å². The molecule has 2 aliphatic heterocycles. The van der Waals surface area contributed by atoms with Crippen molar-refractivity contribution in [2.24, 2.45) is 0 Å². The number of cyclic esters (lactones) is 1.